The SMILES string of the molecule is Nc1nc(Cl)cc(N2CCCC[C@@H]2c2ccco2)n1. The van der Waals surface area contributed by atoms with Gasteiger partial charge in [-0.25, -0.2) is 4.98 Å². The van der Waals surface area contributed by atoms with Crippen LogP contribution in [-0.4, -0.2) is 16.5 Å². The Morgan fingerprint density at radius 3 is 3.00 bits per heavy atom. The summed E-state index contributed by atoms with van der Waals surface area (Å²) in [5.41, 5.74) is 5.67. The van der Waals surface area contributed by atoms with Crippen LogP contribution in [0.5, 0.6) is 0 Å². The summed E-state index contributed by atoms with van der Waals surface area (Å²) in [6.07, 6.45) is 5.04. The van der Waals surface area contributed by atoms with E-state index in [4.69, 9.17) is 21.8 Å². The first-order chi connectivity index (χ1) is 9.24. The Hall–Kier alpha value is -1.75. The van der Waals surface area contributed by atoms with Gasteiger partial charge < -0.3 is 15.1 Å². The summed E-state index contributed by atoms with van der Waals surface area (Å²) in [4.78, 5) is 10.4. The number of nitrogen functional groups attached to an aromatic ring is 1. The lowest BCUT2D eigenvalue weighted by molar-refractivity contribution is 0.389. The summed E-state index contributed by atoms with van der Waals surface area (Å²) < 4.78 is 5.54. The minimum absolute atomic E-state index is 0.189. The molecule has 1 aliphatic heterocycles. The Morgan fingerprint density at radius 1 is 1.37 bits per heavy atom. The molecule has 1 fully saturated rings. The number of halogens is 1. The molecule has 3 rings (SSSR count). The number of furan rings is 1. The Kier molecular flexibility index (Phi) is 3.29. The molecule has 0 spiro atoms. The highest BCUT2D eigenvalue weighted by Crippen LogP contribution is 2.35. The second-order valence-corrected chi connectivity index (χ2v) is 5.01. The molecule has 1 saturated heterocycles. The van der Waals surface area contributed by atoms with Crippen molar-refractivity contribution in [1.82, 2.24) is 9.97 Å². The van der Waals surface area contributed by atoms with Crippen molar-refractivity contribution < 1.29 is 4.42 Å². The number of aromatic nitrogens is 2. The van der Waals surface area contributed by atoms with Crippen LogP contribution in [0, 0.1) is 0 Å². The quantitative estimate of drug-likeness (QED) is 0.855. The first-order valence-corrected chi connectivity index (χ1v) is 6.72. The lowest BCUT2D eigenvalue weighted by Crippen LogP contribution is -2.34. The molecule has 2 N–H and O–H groups in total. The van der Waals surface area contributed by atoms with Crippen LogP contribution >= 0.6 is 11.6 Å². The first kappa shape index (κ1) is 12.3. The van der Waals surface area contributed by atoms with Gasteiger partial charge in [0.1, 0.15) is 16.7 Å². The molecule has 0 aliphatic carbocycles. The van der Waals surface area contributed by atoms with E-state index < -0.39 is 0 Å². The van der Waals surface area contributed by atoms with Gasteiger partial charge in [0.25, 0.3) is 0 Å². The predicted molar refractivity (Wildman–Crippen MR) is 74.1 cm³/mol. The van der Waals surface area contributed by atoms with Gasteiger partial charge in [0, 0.05) is 12.6 Å². The van der Waals surface area contributed by atoms with Crippen molar-refractivity contribution in [2.75, 3.05) is 17.2 Å². The fraction of sp³-hybridized carbons (Fsp3) is 0.385. The Morgan fingerprint density at radius 2 is 2.26 bits per heavy atom. The molecule has 2 aromatic heterocycles. The highest BCUT2D eigenvalue weighted by atomic mass is 35.5. The lowest BCUT2D eigenvalue weighted by Gasteiger charge is -2.35. The average molecular weight is 279 g/mol. The standard InChI is InChI=1S/C13H15ClN4O/c14-11-8-12(17-13(15)16-11)18-6-2-1-4-9(18)10-5-3-7-19-10/h3,5,7-9H,1-2,4,6H2,(H2,15,16,17)/t9-/m1/s1. The van der Waals surface area contributed by atoms with E-state index >= 15 is 0 Å². The van der Waals surface area contributed by atoms with Crippen LogP contribution in [0.2, 0.25) is 5.15 Å². The zero-order valence-corrected chi connectivity index (χ0v) is 11.2. The number of hydrogen-bond acceptors (Lipinski definition) is 5. The molecule has 0 aromatic carbocycles. The minimum Gasteiger partial charge on any atom is -0.467 e. The lowest BCUT2D eigenvalue weighted by atomic mass is 10.00. The second-order valence-electron chi connectivity index (χ2n) is 4.63. The van der Waals surface area contributed by atoms with E-state index in [-0.39, 0.29) is 12.0 Å². The van der Waals surface area contributed by atoms with Crippen molar-refractivity contribution >= 4 is 23.4 Å². The fourth-order valence-corrected chi connectivity index (χ4v) is 2.74. The third-order valence-corrected chi connectivity index (χ3v) is 3.56. The third kappa shape index (κ3) is 2.51. The summed E-state index contributed by atoms with van der Waals surface area (Å²) in [5, 5.41) is 0.367. The number of anilines is 2. The molecule has 6 heteroatoms. The zero-order valence-electron chi connectivity index (χ0n) is 10.4. The van der Waals surface area contributed by atoms with Gasteiger partial charge in [0.2, 0.25) is 5.95 Å². The van der Waals surface area contributed by atoms with E-state index in [2.05, 4.69) is 14.9 Å². The van der Waals surface area contributed by atoms with Crippen LogP contribution in [0.1, 0.15) is 31.1 Å². The van der Waals surface area contributed by atoms with Crippen LogP contribution in [0.4, 0.5) is 11.8 Å². The molecule has 0 amide bonds. The molecule has 19 heavy (non-hydrogen) atoms. The molecule has 0 saturated carbocycles. The largest absolute Gasteiger partial charge is 0.467 e. The number of nitrogens with two attached hydrogens (primary N) is 1. The summed E-state index contributed by atoms with van der Waals surface area (Å²) in [6.45, 7) is 0.915. The maximum atomic E-state index is 5.96. The molecule has 3 heterocycles. The van der Waals surface area contributed by atoms with Gasteiger partial charge in [0.15, 0.2) is 0 Å². The van der Waals surface area contributed by atoms with Crippen molar-refractivity contribution in [2.45, 2.75) is 25.3 Å². The number of rotatable bonds is 2. The van der Waals surface area contributed by atoms with Gasteiger partial charge in [0.05, 0.1) is 12.3 Å². The fourth-order valence-electron chi connectivity index (χ4n) is 2.55. The monoisotopic (exact) mass is 278 g/mol. The van der Waals surface area contributed by atoms with E-state index in [1.165, 1.54) is 6.42 Å². The summed E-state index contributed by atoms with van der Waals surface area (Å²) >= 11 is 5.96. The molecule has 100 valence electrons. The summed E-state index contributed by atoms with van der Waals surface area (Å²) in [6, 6.07) is 5.84. The number of hydrogen-bond donors (Lipinski definition) is 1. The molecule has 1 atom stereocenters. The molecule has 0 radical (unpaired) electrons. The van der Waals surface area contributed by atoms with Crippen molar-refractivity contribution in [2.24, 2.45) is 0 Å². The predicted octanol–water partition coefficient (Wildman–Crippen LogP) is 3.04. The zero-order chi connectivity index (χ0) is 13.2. The highest BCUT2D eigenvalue weighted by molar-refractivity contribution is 6.29. The van der Waals surface area contributed by atoms with Crippen molar-refractivity contribution in [3.63, 3.8) is 0 Å². The summed E-state index contributed by atoms with van der Waals surface area (Å²) in [5.74, 6) is 1.91. The molecule has 0 bridgehead atoms. The van der Waals surface area contributed by atoms with E-state index in [1.54, 1.807) is 12.3 Å². The van der Waals surface area contributed by atoms with Crippen molar-refractivity contribution in [1.29, 1.82) is 0 Å². The van der Waals surface area contributed by atoms with Gasteiger partial charge in [-0.3, -0.25) is 0 Å². The van der Waals surface area contributed by atoms with Crippen molar-refractivity contribution in [3.8, 4) is 0 Å². The Balaban J connectivity index is 1.96. The van der Waals surface area contributed by atoms with Gasteiger partial charge in [-0.2, -0.15) is 4.98 Å². The first-order valence-electron chi connectivity index (χ1n) is 6.34. The molecule has 5 nitrogen and oxygen atoms in total. The number of piperidine rings is 1. The molecule has 2 aromatic rings. The van der Waals surface area contributed by atoms with Crippen LogP contribution in [0.3, 0.4) is 0 Å². The summed E-state index contributed by atoms with van der Waals surface area (Å²) in [7, 11) is 0. The van der Waals surface area contributed by atoms with Crippen LogP contribution < -0.4 is 10.6 Å². The van der Waals surface area contributed by atoms with E-state index in [9.17, 15) is 0 Å². The smallest absolute Gasteiger partial charge is 0.223 e. The van der Waals surface area contributed by atoms with E-state index in [0.717, 1.165) is 31.0 Å². The molecular weight excluding hydrogens is 264 g/mol. The molecule has 1 aliphatic rings. The van der Waals surface area contributed by atoms with Gasteiger partial charge in [-0.05, 0) is 31.4 Å². The van der Waals surface area contributed by atoms with Gasteiger partial charge in [-0.15, -0.1) is 0 Å². The second kappa shape index (κ2) is 5.09. The van der Waals surface area contributed by atoms with E-state index in [1.807, 2.05) is 12.1 Å². The van der Waals surface area contributed by atoms with Crippen LogP contribution in [0.15, 0.2) is 28.9 Å². The third-order valence-electron chi connectivity index (χ3n) is 3.37. The Labute approximate surface area is 116 Å². The normalized spacial score (nSPS) is 19.6. The van der Waals surface area contributed by atoms with Gasteiger partial charge >= 0.3 is 0 Å². The topological polar surface area (TPSA) is 68.2 Å². The average Bonchev–Trinajstić information content (AvgIpc) is 2.91. The highest BCUT2D eigenvalue weighted by Gasteiger charge is 2.27. The molecule has 0 unspecified atom stereocenters. The molecular formula is C13H15ClN4O. The number of nitrogens with zero attached hydrogens (tertiary/aromatic N) is 3. The van der Waals surface area contributed by atoms with Gasteiger partial charge in [-0.1, -0.05) is 11.6 Å². The van der Waals surface area contributed by atoms with E-state index in [0.29, 0.717) is 5.15 Å². The van der Waals surface area contributed by atoms with Crippen LogP contribution in [-0.2, 0) is 0 Å². The van der Waals surface area contributed by atoms with Crippen LogP contribution in [0.25, 0.3) is 0 Å². The maximum absolute atomic E-state index is 5.96. The minimum atomic E-state index is 0.189. The Bertz CT molecular complexity index is 538. The van der Waals surface area contributed by atoms with Crippen molar-refractivity contribution in [3.05, 3.63) is 35.4 Å². The maximum Gasteiger partial charge on any atom is 0.223 e.